The van der Waals surface area contributed by atoms with Crippen LogP contribution in [-0.2, 0) is 0 Å². The van der Waals surface area contributed by atoms with E-state index in [0.717, 1.165) is 24.5 Å². The highest BCUT2D eigenvalue weighted by Crippen LogP contribution is 2.28. The smallest absolute Gasteiger partial charge is 0.294 e. The first-order chi connectivity index (χ1) is 9.84. The van der Waals surface area contributed by atoms with Crippen LogP contribution in [0.5, 0.6) is 0 Å². The standard InChI is InChI=1S/C15H17N3O2/c19-15(14-8-9-16-20-14)17-12-6-2-3-7-13(12)18-10-4-1-5-11-18/h2-3,6-9H,1,4-5,10-11H2,(H,17,19). The van der Waals surface area contributed by atoms with Gasteiger partial charge in [-0.1, -0.05) is 17.3 Å². The van der Waals surface area contributed by atoms with Crippen LogP contribution in [0.4, 0.5) is 11.4 Å². The maximum absolute atomic E-state index is 12.0. The van der Waals surface area contributed by atoms with Crippen molar-refractivity contribution >= 4 is 17.3 Å². The lowest BCUT2D eigenvalue weighted by Gasteiger charge is -2.30. The molecule has 1 saturated heterocycles. The van der Waals surface area contributed by atoms with Gasteiger partial charge in [-0.3, -0.25) is 4.79 Å². The molecule has 1 N–H and O–H groups in total. The van der Waals surface area contributed by atoms with Crippen molar-refractivity contribution in [3.8, 4) is 0 Å². The lowest BCUT2D eigenvalue weighted by molar-refractivity contribution is 0.0988. The molecule has 104 valence electrons. The summed E-state index contributed by atoms with van der Waals surface area (Å²) in [7, 11) is 0. The fourth-order valence-electron chi connectivity index (χ4n) is 2.51. The Morgan fingerprint density at radius 1 is 1.15 bits per heavy atom. The molecule has 20 heavy (non-hydrogen) atoms. The van der Waals surface area contributed by atoms with E-state index >= 15 is 0 Å². The van der Waals surface area contributed by atoms with Gasteiger partial charge in [0.15, 0.2) is 0 Å². The molecule has 0 aliphatic carbocycles. The largest absolute Gasteiger partial charge is 0.370 e. The molecule has 1 aliphatic rings. The molecule has 2 heterocycles. The van der Waals surface area contributed by atoms with Crippen molar-refractivity contribution in [2.45, 2.75) is 19.3 Å². The Morgan fingerprint density at radius 2 is 1.95 bits per heavy atom. The molecule has 1 fully saturated rings. The van der Waals surface area contributed by atoms with E-state index in [-0.39, 0.29) is 11.7 Å². The van der Waals surface area contributed by atoms with Crippen molar-refractivity contribution < 1.29 is 9.32 Å². The Balaban J connectivity index is 1.80. The SMILES string of the molecule is O=C(Nc1ccccc1N1CCCCC1)c1ccno1. The van der Waals surface area contributed by atoms with Gasteiger partial charge >= 0.3 is 0 Å². The number of nitrogens with one attached hydrogen (secondary N) is 1. The van der Waals surface area contributed by atoms with E-state index in [4.69, 9.17) is 4.52 Å². The number of rotatable bonds is 3. The van der Waals surface area contributed by atoms with Crippen molar-refractivity contribution in [2.24, 2.45) is 0 Å². The number of hydrogen-bond donors (Lipinski definition) is 1. The number of carbonyl (C=O) groups excluding carboxylic acids is 1. The summed E-state index contributed by atoms with van der Waals surface area (Å²) >= 11 is 0. The lowest BCUT2D eigenvalue weighted by atomic mass is 10.1. The van der Waals surface area contributed by atoms with E-state index in [0.29, 0.717) is 0 Å². The summed E-state index contributed by atoms with van der Waals surface area (Å²) in [5.74, 6) is -0.0505. The minimum absolute atomic E-state index is 0.221. The third kappa shape index (κ3) is 2.66. The third-order valence-corrected chi connectivity index (χ3v) is 3.51. The average Bonchev–Trinajstić information content (AvgIpc) is 3.03. The molecule has 0 atom stereocenters. The van der Waals surface area contributed by atoms with E-state index in [9.17, 15) is 4.79 Å². The van der Waals surface area contributed by atoms with Crippen LogP contribution in [-0.4, -0.2) is 24.2 Å². The molecule has 5 heteroatoms. The lowest BCUT2D eigenvalue weighted by Crippen LogP contribution is -2.30. The Bertz CT molecular complexity index is 575. The number of benzene rings is 1. The molecule has 3 rings (SSSR count). The average molecular weight is 271 g/mol. The van der Waals surface area contributed by atoms with Gasteiger partial charge in [0, 0.05) is 19.2 Å². The normalized spacial score (nSPS) is 15.1. The van der Waals surface area contributed by atoms with Gasteiger partial charge in [-0.15, -0.1) is 0 Å². The molecular weight excluding hydrogens is 254 g/mol. The molecule has 1 aromatic carbocycles. The summed E-state index contributed by atoms with van der Waals surface area (Å²) < 4.78 is 4.88. The molecule has 1 aromatic heterocycles. The molecule has 0 unspecified atom stereocenters. The molecule has 0 saturated carbocycles. The number of piperidine rings is 1. The van der Waals surface area contributed by atoms with Crippen molar-refractivity contribution in [3.05, 3.63) is 42.3 Å². The second-order valence-corrected chi connectivity index (χ2v) is 4.90. The monoisotopic (exact) mass is 271 g/mol. The van der Waals surface area contributed by atoms with Crippen LogP contribution in [0.2, 0.25) is 0 Å². The number of para-hydroxylation sites is 2. The first kappa shape index (κ1) is 12.7. The van der Waals surface area contributed by atoms with Crippen LogP contribution in [0.1, 0.15) is 29.8 Å². The summed E-state index contributed by atoms with van der Waals surface area (Å²) in [5.41, 5.74) is 1.89. The van der Waals surface area contributed by atoms with E-state index in [2.05, 4.69) is 15.4 Å². The summed E-state index contributed by atoms with van der Waals surface area (Å²) in [4.78, 5) is 14.4. The molecule has 1 aliphatic heterocycles. The highest BCUT2D eigenvalue weighted by Gasteiger charge is 2.17. The first-order valence-corrected chi connectivity index (χ1v) is 6.90. The fourth-order valence-corrected chi connectivity index (χ4v) is 2.51. The topological polar surface area (TPSA) is 58.4 Å². The van der Waals surface area contributed by atoms with Gasteiger partial charge in [0.2, 0.25) is 5.76 Å². The van der Waals surface area contributed by atoms with Crippen LogP contribution in [0.15, 0.2) is 41.1 Å². The van der Waals surface area contributed by atoms with Crippen LogP contribution in [0.25, 0.3) is 0 Å². The summed E-state index contributed by atoms with van der Waals surface area (Å²) in [6.45, 7) is 2.07. The number of aromatic nitrogens is 1. The molecule has 0 radical (unpaired) electrons. The summed E-state index contributed by atoms with van der Waals surface area (Å²) in [6, 6.07) is 9.43. The van der Waals surface area contributed by atoms with Crippen molar-refractivity contribution in [2.75, 3.05) is 23.3 Å². The number of amides is 1. The first-order valence-electron chi connectivity index (χ1n) is 6.90. The van der Waals surface area contributed by atoms with Crippen LogP contribution in [0.3, 0.4) is 0 Å². The van der Waals surface area contributed by atoms with Crippen molar-refractivity contribution in [1.82, 2.24) is 5.16 Å². The zero-order valence-corrected chi connectivity index (χ0v) is 11.2. The van der Waals surface area contributed by atoms with E-state index in [1.54, 1.807) is 6.07 Å². The molecular formula is C15H17N3O2. The van der Waals surface area contributed by atoms with Gasteiger partial charge in [-0.25, -0.2) is 0 Å². The highest BCUT2D eigenvalue weighted by molar-refractivity contribution is 6.04. The number of anilines is 2. The Kier molecular flexibility index (Phi) is 3.67. The molecule has 2 aromatic rings. The Hall–Kier alpha value is -2.30. The zero-order chi connectivity index (χ0) is 13.8. The third-order valence-electron chi connectivity index (χ3n) is 3.51. The summed E-state index contributed by atoms with van der Waals surface area (Å²) in [6.07, 6.45) is 5.14. The van der Waals surface area contributed by atoms with Gasteiger partial charge < -0.3 is 14.7 Å². The van der Waals surface area contributed by atoms with E-state index in [1.165, 1.54) is 25.5 Å². The Labute approximate surface area is 117 Å². The predicted octanol–water partition coefficient (Wildman–Crippen LogP) is 2.92. The van der Waals surface area contributed by atoms with Crippen LogP contribution >= 0.6 is 0 Å². The van der Waals surface area contributed by atoms with Crippen LogP contribution < -0.4 is 10.2 Å². The number of nitrogens with zero attached hydrogens (tertiary/aromatic N) is 2. The Morgan fingerprint density at radius 3 is 2.70 bits per heavy atom. The van der Waals surface area contributed by atoms with Crippen molar-refractivity contribution in [3.63, 3.8) is 0 Å². The second-order valence-electron chi connectivity index (χ2n) is 4.90. The van der Waals surface area contributed by atoms with Gasteiger partial charge in [0.25, 0.3) is 5.91 Å². The van der Waals surface area contributed by atoms with E-state index < -0.39 is 0 Å². The van der Waals surface area contributed by atoms with Gasteiger partial charge in [-0.2, -0.15) is 0 Å². The molecule has 5 nitrogen and oxygen atoms in total. The van der Waals surface area contributed by atoms with Crippen LogP contribution in [0, 0.1) is 0 Å². The fraction of sp³-hybridized carbons (Fsp3) is 0.333. The maximum atomic E-state index is 12.0. The number of hydrogen-bond acceptors (Lipinski definition) is 4. The second kappa shape index (κ2) is 5.77. The molecule has 0 bridgehead atoms. The minimum atomic E-state index is -0.271. The quantitative estimate of drug-likeness (QED) is 0.932. The van der Waals surface area contributed by atoms with Crippen molar-refractivity contribution in [1.29, 1.82) is 0 Å². The minimum Gasteiger partial charge on any atom is -0.370 e. The van der Waals surface area contributed by atoms with Gasteiger partial charge in [0.05, 0.1) is 17.6 Å². The van der Waals surface area contributed by atoms with E-state index in [1.807, 2.05) is 24.3 Å². The summed E-state index contributed by atoms with van der Waals surface area (Å²) in [5, 5.41) is 6.45. The van der Waals surface area contributed by atoms with Gasteiger partial charge in [-0.05, 0) is 31.4 Å². The zero-order valence-electron chi connectivity index (χ0n) is 11.2. The molecule has 0 spiro atoms. The van der Waals surface area contributed by atoms with Gasteiger partial charge in [0.1, 0.15) is 0 Å². The highest BCUT2D eigenvalue weighted by atomic mass is 16.5. The number of carbonyl (C=O) groups is 1. The predicted molar refractivity (Wildman–Crippen MR) is 77.0 cm³/mol. The molecule has 1 amide bonds. The maximum Gasteiger partial charge on any atom is 0.294 e.